The second-order valence-corrected chi connectivity index (χ2v) is 5.89. The largest absolute Gasteiger partial charge is 0.396 e. The van der Waals surface area contributed by atoms with E-state index in [1.54, 1.807) is 10.9 Å². The van der Waals surface area contributed by atoms with Gasteiger partial charge >= 0.3 is 6.03 Å². The fourth-order valence-electron chi connectivity index (χ4n) is 2.91. The Morgan fingerprint density at radius 2 is 2.19 bits per heavy atom. The van der Waals surface area contributed by atoms with Crippen LogP contribution in [0.1, 0.15) is 43.4 Å². The van der Waals surface area contributed by atoms with E-state index in [9.17, 15) is 9.90 Å². The number of rotatable bonds is 4. The maximum absolute atomic E-state index is 12.0. The monoisotopic (exact) mass is 294 g/mol. The Bertz CT molecular complexity index is 472. The van der Waals surface area contributed by atoms with Crippen LogP contribution in [-0.4, -0.2) is 33.6 Å². The molecule has 2 rings (SSSR count). The lowest BCUT2D eigenvalue weighted by atomic mass is 9.96. The van der Waals surface area contributed by atoms with E-state index in [0.717, 1.165) is 36.9 Å². The summed E-state index contributed by atoms with van der Waals surface area (Å²) in [4.78, 5) is 12.0. The van der Waals surface area contributed by atoms with Gasteiger partial charge in [0.2, 0.25) is 0 Å². The molecule has 21 heavy (non-hydrogen) atoms. The van der Waals surface area contributed by atoms with Crippen LogP contribution < -0.4 is 10.6 Å². The van der Waals surface area contributed by atoms with Crippen LogP contribution in [0.25, 0.3) is 0 Å². The summed E-state index contributed by atoms with van der Waals surface area (Å²) in [5.74, 6) is 0.179. The molecule has 2 amide bonds. The highest BCUT2D eigenvalue weighted by Gasteiger charge is 2.24. The number of carbonyl (C=O) groups excluding carboxylic acids is 1. The van der Waals surface area contributed by atoms with Crippen molar-refractivity contribution in [3.63, 3.8) is 0 Å². The fraction of sp³-hybridized carbons (Fsp3) is 0.733. The Morgan fingerprint density at radius 3 is 2.86 bits per heavy atom. The number of hydrogen-bond donors (Lipinski definition) is 3. The minimum atomic E-state index is -0.163. The third-order valence-electron chi connectivity index (χ3n) is 4.49. The zero-order chi connectivity index (χ0) is 15.2. The van der Waals surface area contributed by atoms with E-state index in [1.165, 1.54) is 6.42 Å². The van der Waals surface area contributed by atoms with E-state index in [2.05, 4.69) is 15.7 Å². The molecule has 6 nitrogen and oxygen atoms in total. The van der Waals surface area contributed by atoms with Crippen molar-refractivity contribution in [3.8, 4) is 0 Å². The number of aliphatic hydroxyl groups is 1. The van der Waals surface area contributed by atoms with Gasteiger partial charge in [0.25, 0.3) is 0 Å². The highest BCUT2D eigenvalue weighted by Crippen LogP contribution is 2.23. The molecule has 1 aromatic heterocycles. The van der Waals surface area contributed by atoms with E-state index < -0.39 is 0 Å². The normalized spacial score (nSPS) is 22.6. The average molecular weight is 294 g/mol. The van der Waals surface area contributed by atoms with Crippen molar-refractivity contribution in [3.05, 3.63) is 17.5 Å². The van der Waals surface area contributed by atoms with Crippen molar-refractivity contribution in [2.24, 2.45) is 13.0 Å². The van der Waals surface area contributed by atoms with Crippen LogP contribution in [0.15, 0.2) is 6.20 Å². The fourth-order valence-corrected chi connectivity index (χ4v) is 2.91. The molecule has 3 N–H and O–H groups in total. The number of amides is 2. The Hall–Kier alpha value is -1.56. The van der Waals surface area contributed by atoms with Gasteiger partial charge in [0.15, 0.2) is 0 Å². The van der Waals surface area contributed by atoms with Crippen LogP contribution in [0.4, 0.5) is 4.79 Å². The van der Waals surface area contributed by atoms with Crippen LogP contribution in [0.5, 0.6) is 0 Å². The molecular weight excluding hydrogens is 268 g/mol. The van der Waals surface area contributed by atoms with Gasteiger partial charge < -0.3 is 15.7 Å². The summed E-state index contributed by atoms with van der Waals surface area (Å²) >= 11 is 0. The zero-order valence-electron chi connectivity index (χ0n) is 12.9. The van der Waals surface area contributed by atoms with Gasteiger partial charge in [-0.2, -0.15) is 5.10 Å². The Labute approximate surface area is 125 Å². The summed E-state index contributed by atoms with van der Waals surface area (Å²) in [5, 5.41) is 19.5. The van der Waals surface area contributed by atoms with Gasteiger partial charge in [-0.1, -0.05) is 19.3 Å². The topological polar surface area (TPSA) is 79.2 Å². The molecular formula is C15H26N4O2. The Kier molecular flexibility index (Phi) is 5.61. The molecule has 2 unspecified atom stereocenters. The molecule has 0 aromatic carbocycles. The average Bonchev–Trinajstić information content (AvgIpc) is 2.68. The lowest BCUT2D eigenvalue weighted by Gasteiger charge is -2.24. The maximum Gasteiger partial charge on any atom is 0.315 e. The summed E-state index contributed by atoms with van der Waals surface area (Å²) in [5.41, 5.74) is 2.07. The number of aliphatic hydroxyl groups excluding tert-OH is 1. The third kappa shape index (κ3) is 4.20. The molecule has 118 valence electrons. The van der Waals surface area contributed by atoms with E-state index >= 15 is 0 Å². The molecule has 0 saturated heterocycles. The standard InChI is InChI=1S/C15H26N4O2/c1-11-13(9-17-19(11)2)8-16-15(21)18-14-7-5-3-4-6-12(14)10-20/h9,12,14,20H,3-8,10H2,1-2H3,(H2,16,18,21). The number of hydrogen-bond acceptors (Lipinski definition) is 3. The molecule has 1 aromatic rings. The molecule has 0 aliphatic heterocycles. The first kappa shape index (κ1) is 15.8. The summed E-state index contributed by atoms with van der Waals surface area (Å²) in [6.45, 7) is 2.60. The van der Waals surface area contributed by atoms with Crippen LogP contribution in [0, 0.1) is 12.8 Å². The third-order valence-corrected chi connectivity index (χ3v) is 4.49. The smallest absolute Gasteiger partial charge is 0.315 e. The first-order valence-corrected chi connectivity index (χ1v) is 7.74. The van der Waals surface area contributed by atoms with Gasteiger partial charge in [-0.25, -0.2) is 4.79 Å². The van der Waals surface area contributed by atoms with Crippen molar-refractivity contribution in [1.29, 1.82) is 0 Å². The highest BCUT2D eigenvalue weighted by atomic mass is 16.3. The summed E-state index contributed by atoms with van der Waals surface area (Å²) in [6.07, 6.45) is 7.15. The lowest BCUT2D eigenvalue weighted by molar-refractivity contribution is 0.179. The van der Waals surface area contributed by atoms with Crippen LogP contribution >= 0.6 is 0 Å². The molecule has 1 fully saturated rings. The number of urea groups is 1. The predicted octanol–water partition coefficient (Wildman–Crippen LogP) is 1.47. The van der Waals surface area contributed by atoms with Gasteiger partial charge in [-0.3, -0.25) is 4.68 Å². The second kappa shape index (κ2) is 7.45. The molecule has 1 aliphatic rings. The summed E-state index contributed by atoms with van der Waals surface area (Å²) in [6, 6.07) is -0.0869. The number of carbonyl (C=O) groups is 1. The number of aromatic nitrogens is 2. The van der Waals surface area contributed by atoms with E-state index in [4.69, 9.17) is 0 Å². The quantitative estimate of drug-likeness (QED) is 0.736. The van der Waals surface area contributed by atoms with Crippen molar-refractivity contribution < 1.29 is 9.90 Å². The van der Waals surface area contributed by atoms with Crippen molar-refractivity contribution >= 4 is 6.03 Å². The summed E-state index contributed by atoms with van der Waals surface area (Å²) in [7, 11) is 1.89. The second-order valence-electron chi connectivity index (χ2n) is 5.89. The predicted molar refractivity (Wildman–Crippen MR) is 80.8 cm³/mol. The molecule has 1 saturated carbocycles. The molecule has 0 spiro atoms. The van der Waals surface area contributed by atoms with Crippen molar-refractivity contribution in [1.82, 2.24) is 20.4 Å². The number of nitrogens with zero attached hydrogens (tertiary/aromatic N) is 2. The van der Waals surface area contributed by atoms with Gasteiger partial charge in [0.05, 0.1) is 6.20 Å². The molecule has 0 bridgehead atoms. The molecule has 0 radical (unpaired) electrons. The van der Waals surface area contributed by atoms with Gasteiger partial charge in [0.1, 0.15) is 0 Å². The van der Waals surface area contributed by atoms with E-state index in [-0.39, 0.29) is 24.6 Å². The summed E-state index contributed by atoms with van der Waals surface area (Å²) < 4.78 is 1.79. The highest BCUT2D eigenvalue weighted by molar-refractivity contribution is 5.74. The van der Waals surface area contributed by atoms with Crippen molar-refractivity contribution in [2.45, 2.75) is 51.6 Å². The van der Waals surface area contributed by atoms with Crippen LogP contribution in [0.3, 0.4) is 0 Å². The minimum Gasteiger partial charge on any atom is -0.396 e. The van der Waals surface area contributed by atoms with Crippen LogP contribution in [0.2, 0.25) is 0 Å². The van der Waals surface area contributed by atoms with Crippen molar-refractivity contribution in [2.75, 3.05) is 6.61 Å². The number of aryl methyl sites for hydroxylation is 1. The molecule has 1 heterocycles. The molecule has 6 heteroatoms. The van der Waals surface area contributed by atoms with Crippen LogP contribution in [-0.2, 0) is 13.6 Å². The van der Waals surface area contributed by atoms with E-state index in [0.29, 0.717) is 6.54 Å². The van der Waals surface area contributed by atoms with Gasteiger partial charge in [-0.15, -0.1) is 0 Å². The Morgan fingerprint density at radius 1 is 1.43 bits per heavy atom. The molecule has 1 aliphatic carbocycles. The van der Waals surface area contributed by atoms with Gasteiger partial charge in [-0.05, 0) is 19.8 Å². The SMILES string of the molecule is Cc1c(CNC(=O)NC2CCCCCC2CO)cnn1C. The first-order chi connectivity index (χ1) is 10.1. The Balaban J connectivity index is 1.84. The van der Waals surface area contributed by atoms with Gasteiger partial charge in [0, 0.05) is 43.4 Å². The first-order valence-electron chi connectivity index (χ1n) is 7.74. The minimum absolute atomic E-state index is 0.0764. The van der Waals surface area contributed by atoms with E-state index in [1.807, 2.05) is 14.0 Å². The zero-order valence-corrected chi connectivity index (χ0v) is 12.9. The number of nitrogens with one attached hydrogen (secondary N) is 2. The maximum atomic E-state index is 12.0. The molecule has 2 atom stereocenters. The lowest BCUT2D eigenvalue weighted by Crippen LogP contribution is -2.45.